The first-order valence-electron chi connectivity index (χ1n) is 5.47. The zero-order chi connectivity index (χ0) is 9.68. The molecule has 80 valence electrons. The third kappa shape index (κ3) is 3.91. The first-order chi connectivity index (χ1) is 6.25. The molecule has 1 aliphatic rings. The van der Waals surface area contributed by atoms with E-state index in [4.69, 9.17) is 0 Å². The molecular formula is C13H21Br. The molecule has 1 rings (SSSR count). The summed E-state index contributed by atoms with van der Waals surface area (Å²) in [6, 6.07) is 0. The summed E-state index contributed by atoms with van der Waals surface area (Å²) in [5, 5.41) is 0. The molecule has 14 heavy (non-hydrogen) atoms. The lowest BCUT2D eigenvalue weighted by Crippen LogP contribution is -3.00. The summed E-state index contributed by atoms with van der Waals surface area (Å²) < 4.78 is 0. The van der Waals surface area contributed by atoms with Crippen LogP contribution in [0.4, 0.5) is 0 Å². The highest BCUT2D eigenvalue weighted by molar-refractivity contribution is 5.46. The van der Waals surface area contributed by atoms with E-state index in [1.54, 1.807) is 5.57 Å². The SMILES string of the molecule is CCCCCCC1=C(C)[C+](C)C=C1.[Br-]. The fraction of sp³-hybridized carbons (Fsp3) is 0.615. The molecule has 1 heteroatoms. The summed E-state index contributed by atoms with van der Waals surface area (Å²) in [6.45, 7) is 6.70. The van der Waals surface area contributed by atoms with Gasteiger partial charge in [-0.3, -0.25) is 0 Å². The van der Waals surface area contributed by atoms with Crippen LogP contribution in [0.1, 0.15) is 52.9 Å². The lowest BCUT2D eigenvalue weighted by Gasteiger charge is -1.97. The first-order valence-corrected chi connectivity index (χ1v) is 5.47. The van der Waals surface area contributed by atoms with E-state index in [2.05, 4.69) is 32.9 Å². The van der Waals surface area contributed by atoms with E-state index < -0.39 is 0 Å². The largest absolute Gasteiger partial charge is 1.00 e. The van der Waals surface area contributed by atoms with Crippen molar-refractivity contribution in [2.24, 2.45) is 0 Å². The molecule has 0 radical (unpaired) electrons. The standard InChI is InChI=1S/C13H21.BrH/c1-4-5-6-7-8-13-10-9-11(2)12(13)3;/h9-10H,4-8H2,1-3H3;1H/q+1;/p-1. The molecule has 0 amide bonds. The molecule has 0 aliphatic heterocycles. The minimum atomic E-state index is 0. The van der Waals surface area contributed by atoms with Crippen LogP contribution in [0.3, 0.4) is 0 Å². The molecule has 0 unspecified atom stereocenters. The molecule has 0 aromatic heterocycles. The molecule has 0 aromatic carbocycles. The molecule has 0 aromatic rings. The number of allylic oxidation sites excluding steroid dienone is 4. The highest BCUT2D eigenvalue weighted by atomic mass is 79.9. The third-order valence-corrected chi connectivity index (χ3v) is 2.91. The van der Waals surface area contributed by atoms with Gasteiger partial charge < -0.3 is 17.0 Å². The number of unbranched alkanes of at least 4 members (excludes halogenated alkanes) is 3. The van der Waals surface area contributed by atoms with Gasteiger partial charge in [-0.15, -0.1) is 0 Å². The van der Waals surface area contributed by atoms with Gasteiger partial charge in [-0.1, -0.05) is 26.2 Å². The quantitative estimate of drug-likeness (QED) is 0.516. The number of rotatable bonds is 5. The summed E-state index contributed by atoms with van der Waals surface area (Å²) >= 11 is 0. The second-order valence-corrected chi connectivity index (χ2v) is 3.98. The van der Waals surface area contributed by atoms with Crippen molar-refractivity contribution in [3.05, 3.63) is 29.2 Å². The van der Waals surface area contributed by atoms with Gasteiger partial charge in [0.25, 0.3) is 0 Å². The summed E-state index contributed by atoms with van der Waals surface area (Å²) in [5.41, 5.74) is 3.07. The molecule has 0 atom stereocenters. The summed E-state index contributed by atoms with van der Waals surface area (Å²) in [5.74, 6) is 1.45. The van der Waals surface area contributed by atoms with Gasteiger partial charge in [0.05, 0.1) is 29.2 Å². The van der Waals surface area contributed by atoms with E-state index in [1.807, 2.05) is 0 Å². The Morgan fingerprint density at radius 2 is 1.93 bits per heavy atom. The maximum absolute atomic E-state index is 2.29. The fourth-order valence-corrected chi connectivity index (χ4v) is 1.74. The maximum atomic E-state index is 2.29. The monoisotopic (exact) mass is 256 g/mol. The van der Waals surface area contributed by atoms with Gasteiger partial charge in [-0.2, -0.15) is 0 Å². The van der Waals surface area contributed by atoms with Crippen molar-refractivity contribution in [2.45, 2.75) is 52.9 Å². The molecule has 0 nitrogen and oxygen atoms in total. The van der Waals surface area contributed by atoms with Crippen LogP contribution >= 0.6 is 0 Å². The van der Waals surface area contributed by atoms with Gasteiger partial charge in [-0.25, -0.2) is 0 Å². The Hall–Kier alpha value is -0.170. The Labute approximate surface area is 99.2 Å². The van der Waals surface area contributed by atoms with Crippen LogP contribution in [0.25, 0.3) is 0 Å². The summed E-state index contributed by atoms with van der Waals surface area (Å²) in [7, 11) is 0. The third-order valence-electron chi connectivity index (χ3n) is 2.91. The van der Waals surface area contributed by atoms with Crippen LogP contribution in [-0.2, 0) is 0 Å². The molecule has 0 N–H and O–H groups in total. The zero-order valence-corrected chi connectivity index (χ0v) is 11.2. The second kappa shape index (κ2) is 7.17. The molecule has 0 saturated carbocycles. The van der Waals surface area contributed by atoms with E-state index in [-0.39, 0.29) is 17.0 Å². The van der Waals surface area contributed by atoms with Gasteiger partial charge in [-0.05, 0) is 13.3 Å². The van der Waals surface area contributed by atoms with Crippen molar-refractivity contribution in [2.75, 3.05) is 0 Å². The average Bonchev–Trinajstić information content (AvgIpc) is 2.43. The molecule has 0 saturated heterocycles. The van der Waals surface area contributed by atoms with E-state index in [0.29, 0.717) is 0 Å². The van der Waals surface area contributed by atoms with Gasteiger partial charge in [0, 0.05) is 13.3 Å². The Balaban J connectivity index is 0.00000169. The van der Waals surface area contributed by atoms with Crippen molar-refractivity contribution >= 4 is 0 Å². The molecule has 0 spiro atoms. The first kappa shape index (κ1) is 13.8. The lowest BCUT2D eigenvalue weighted by molar-refractivity contribution is -0.00000291. The lowest BCUT2D eigenvalue weighted by atomic mass is 10.0. The minimum absolute atomic E-state index is 0. The smallest absolute Gasteiger partial charge is 0.0963 e. The highest BCUT2D eigenvalue weighted by Gasteiger charge is 2.21. The van der Waals surface area contributed by atoms with Gasteiger partial charge in [0.15, 0.2) is 0 Å². The Bertz CT molecular complexity index is 213. The number of halogens is 1. The van der Waals surface area contributed by atoms with E-state index in [1.165, 1.54) is 43.6 Å². The van der Waals surface area contributed by atoms with Crippen molar-refractivity contribution < 1.29 is 17.0 Å². The fourth-order valence-electron chi connectivity index (χ4n) is 1.74. The molecule has 1 aliphatic carbocycles. The normalized spacial score (nSPS) is 14.9. The van der Waals surface area contributed by atoms with Crippen LogP contribution in [0, 0.1) is 5.92 Å². The number of hydrogen-bond donors (Lipinski definition) is 0. The predicted molar refractivity (Wildman–Crippen MR) is 59.5 cm³/mol. The highest BCUT2D eigenvalue weighted by Crippen LogP contribution is 2.29. The average molecular weight is 257 g/mol. The summed E-state index contributed by atoms with van der Waals surface area (Å²) in [6.07, 6.45) is 11.3. The maximum Gasteiger partial charge on any atom is 0.0963 e. The van der Waals surface area contributed by atoms with Crippen LogP contribution in [0.2, 0.25) is 0 Å². The zero-order valence-electron chi connectivity index (χ0n) is 9.57. The molecular weight excluding hydrogens is 236 g/mol. The summed E-state index contributed by atoms with van der Waals surface area (Å²) in [4.78, 5) is 0. The van der Waals surface area contributed by atoms with Crippen LogP contribution in [0.15, 0.2) is 23.3 Å². The molecule has 0 fully saturated rings. The Morgan fingerprint density at radius 1 is 1.21 bits per heavy atom. The molecule has 0 heterocycles. The Morgan fingerprint density at radius 3 is 2.43 bits per heavy atom. The van der Waals surface area contributed by atoms with Crippen LogP contribution < -0.4 is 17.0 Å². The predicted octanol–water partition coefficient (Wildman–Crippen LogP) is 1.44. The minimum Gasteiger partial charge on any atom is -1.00 e. The topological polar surface area (TPSA) is 0 Å². The van der Waals surface area contributed by atoms with E-state index in [0.717, 1.165) is 0 Å². The van der Waals surface area contributed by atoms with Crippen molar-refractivity contribution in [1.29, 1.82) is 0 Å². The van der Waals surface area contributed by atoms with E-state index in [9.17, 15) is 0 Å². The molecule has 0 bridgehead atoms. The Kier molecular flexibility index (Phi) is 7.08. The van der Waals surface area contributed by atoms with Crippen molar-refractivity contribution in [3.8, 4) is 0 Å². The second-order valence-electron chi connectivity index (χ2n) is 3.98. The van der Waals surface area contributed by atoms with Crippen LogP contribution in [-0.4, -0.2) is 0 Å². The van der Waals surface area contributed by atoms with Crippen molar-refractivity contribution in [1.82, 2.24) is 0 Å². The van der Waals surface area contributed by atoms with Crippen LogP contribution in [0.5, 0.6) is 0 Å². The van der Waals surface area contributed by atoms with Gasteiger partial charge >= 0.3 is 0 Å². The van der Waals surface area contributed by atoms with E-state index >= 15 is 0 Å². The van der Waals surface area contributed by atoms with Crippen molar-refractivity contribution in [3.63, 3.8) is 0 Å². The van der Waals surface area contributed by atoms with Gasteiger partial charge in [0.1, 0.15) is 0 Å². The van der Waals surface area contributed by atoms with Gasteiger partial charge in [0.2, 0.25) is 0 Å². The number of hydrogen-bond acceptors (Lipinski definition) is 0.